The molecule has 24 heavy (non-hydrogen) atoms. The van der Waals surface area contributed by atoms with Crippen molar-refractivity contribution in [3.8, 4) is 0 Å². The zero-order chi connectivity index (χ0) is 17.7. The molecule has 0 saturated heterocycles. The van der Waals surface area contributed by atoms with Gasteiger partial charge in [-0.1, -0.05) is 35.9 Å². The highest BCUT2D eigenvalue weighted by atomic mass is 35.5. The molecule has 0 spiro atoms. The summed E-state index contributed by atoms with van der Waals surface area (Å²) < 4.78 is 25.3. The second-order valence-corrected chi connectivity index (χ2v) is 7.59. The summed E-state index contributed by atoms with van der Waals surface area (Å²) in [5.74, 6) is -0.519. The highest BCUT2D eigenvalue weighted by molar-refractivity contribution is 7.89. The molecule has 0 aliphatic heterocycles. The number of rotatable bonds is 5. The average Bonchev–Trinajstić information content (AvgIpc) is 2.56. The van der Waals surface area contributed by atoms with Crippen LogP contribution >= 0.6 is 11.6 Å². The largest absolute Gasteiger partial charge is 0.271 e. The Morgan fingerprint density at radius 3 is 2.54 bits per heavy atom. The molecule has 0 unspecified atom stereocenters. The Labute approximate surface area is 145 Å². The molecule has 1 amide bonds. The van der Waals surface area contributed by atoms with E-state index >= 15 is 0 Å². The molecule has 0 saturated carbocycles. The topological polar surface area (TPSA) is 78.8 Å². The number of nitrogens with one attached hydrogen (secondary N) is 1. The van der Waals surface area contributed by atoms with Crippen molar-refractivity contribution < 1.29 is 13.2 Å². The van der Waals surface area contributed by atoms with Gasteiger partial charge in [0.25, 0.3) is 5.91 Å². The molecule has 0 atom stereocenters. The van der Waals surface area contributed by atoms with E-state index in [1.807, 2.05) is 0 Å². The van der Waals surface area contributed by atoms with Crippen LogP contribution in [-0.4, -0.2) is 38.9 Å². The van der Waals surface area contributed by atoms with Crippen molar-refractivity contribution >= 4 is 33.7 Å². The standard InChI is InChI=1S/C16H16ClN3O3S/c1-20(2)24(22,23)14-8-5-7-12(10-14)16(21)19-18-11-13-6-3-4-9-15(13)17/h3-11H,1-2H3,(H,19,21)/b18-11-. The van der Waals surface area contributed by atoms with Gasteiger partial charge < -0.3 is 0 Å². The zero-order valence-electron chi connectivity index (χ0n) is 13.1. The van der Waals surface area contributed by atoms with Crippen molar-refractivity contribution in [2.24, 2.45) is 5.10 Å². The molecule has 6 nitrogen and oxygen atoms in total. The molecule has 0 fully saturated rings. The fourth-order valence-corrected chi connectivity index (χ4v) is 2.95. The highest BCUT2D eigenvalue weighted by Crippen LogP contribution is 2.15. The van der Waals surface area contributed by atoms with Crippen molar-refractivity contribution in [2.75, 3.05) is 14.1 Å². The van der Waals surface area contributed by atoms with E-state index in [1.54, 1.807) is 24.3 Å². The summed E-state index contributed by atoms with van der Waals surface area (Å²) in [5, 5.41) is 4.35. The molecule has 2 aromatic carbocycles. The minimum Gasteiger partial charge on any atom is -0.267 e. The molecule has 0 heterocycles. The minimum absolute atomic E-state index is 0.0373. The van der Waals surface area contributed by atoms with Gasteiger partial charge in [0.1, 0.15) is 0 Å². The minimum atomic E-state index is -3.60. The van der Waals surface area contributed by atoms with Gasteiger partial charge in [0.2, 0.25) is 10.0 Å². The average molecular weight is 366 g/mol. The van der Waals surface area contributed by atoms with Gasteiger partial charge >= 0.3 is 0 Å². The summed E-state index contributed by atoms with van der Waals surface area (Å²) in [6.45, 7) is 0. The number of halogens is 1. The van der Waals surface area contributed by atoms with Crippen LogP contribution in [0.5, 0.6) is 0 Å². The van der Waals surface area contributed by atoms with E-state index in [4.69, 9.17) is 11.6 Å². The molecular weight excluding hydrogens is 350 g/mol. The maximum absolute atomic E-state index is 12.1. The summed E-state index contributed by atoms with van der Waals surface area (Å²) in [7, 11) is -0.751. The Bertz CT molecular complexity index is 880. The van der Waals surface area contributed by atoms with Crippen molar-refractivity contribution in [3.63, 3.8) is 0 Å². The number of amides is 1. The first-order valence-corrected chi connectivity index (χ1v) is 8.74. The molecule has 0 aromatic heterocycles. The molecule has 0 radical (unpaired) electrons. The van der Waals surface area contributed by atoms with Crippen LogP contribution in [0.3, 0.4) is 0 Å². The lowest BCUT2D eigenvalue weighted by Gasteiger charge is -2.11. The summed E-state index contributed by atoms with van der Waals surface area (Å²) in [6.07, 6.45) is 1.42. The van der Waals surface area contributed by atoms with E-state index in [-0.39, 0.29) is 10.5 Å². The van der Waals surface area contributed by atoms with Gasteiger partial charge in [0.05, 0.1) is 11.1 Å². The highest BCUT2D eigenvalue weighted by Gasteiger charge is 2.18. The van der Waals surface area contributed by atoms with E-state index in [9.17, 15) is 13.2 Å². The van der Waals surface area contributed by atoms with E-state index < -0.39 is 15.9 Å². The van der Waals surface area contributed by atoms with Crippen LogP contribution in [-0.2, 0) is 10.0 Å². The Morgan fingerprint density at radius 2 is 1.88 bits per heavy atom. The SMILES string of the molecule is CN(C)S(=O)(=O)c1cccc(C(=O)N/N=C\c2ccccc2Cl)c1. The van der Waals surface area contributed by atoms with Gasteiger partial charge in [-0.15, -0.1) is 0 Å². The lowest BCUT2D eigenvalue weighted by molar-refractivity contribution is 0.0955. The van der Waals surface area contributed by atoms with Crippen molar-refractivity contribution in [1.82, 2.24) is 9.73 Å². The molecule has 126 valence electrons. The molecule has 2 aromatic rings. The van der Waals surface area contributed by atoms with Crippen LogP contribution in [0.15, 0.2) is 58.5 Å². The lowest BCUT2D eigenvalue weighted by Crippen LogP contribution is -2.23. The molecule has 8 heteroatoms. The maximum Gasteiger partial charge on any atom is 0.271 e. The number of hydrazone groups is 1. The third kappa shape index (κ3) is 4.19. The van der Waals surface area contributed by atoms with Gasteiger partial charge in [-0.05, 0) is 24.3 Å². The van der Waals surface area contributed by atoms with Crippen LogP contribution in [0, 0.1) is 0 Å². The maximum atomic E-state index is 12.1. The second kappa shape index (κ2) is 7.57. The molecule has 0 bridgehead atoms. The van der Waals surface area contributed by atoms with E-state index in [1.165, 1.54) is 44.6 Å². The second-order valence-electron chi connectivity index (χ2n) is 5.04. The van der Waals surface area contributed by atoms with Crippen LogP contribution in [0.1, 0.15) is 15.9 Å². The number of sulfonamides is 1. The van der Waals surface area contributed by atoms with Crippen LogP contribution in [0.25, 0.3) is 0 Å². The van der Waals surface area contributed by atoms with Gasteiger partial charge in [-0.2, -0.15) is 5.10 Å². The van der Waals surface area contributed by atoms with Crippen molar-refractivity contribution in [2.45, 2.75) is 4.90 Å². The van der Waals surface area contributed by atoms with Crippen molar-refractivity contribution in [3.05, 3.63) is 64.7 Å². The van der Waals surface area contributed by atoms with Crippen LogP contribution in [0.2, 0.25) is 5.02 Å². The number of nitrogens with zero attached hydrogens (tertiary/aromatic N) is 2. The van der Waals surface area contributed by atoms with Crippen LogP contribution < -0.4 is 5.43 Å². The third-order valence-electron chi connectivity index (χ3n) is 3.15. The van der Waals surface area contributed by atoms with Gasteiger partial charge in [-0.25, -0.2) is 18.1 Å². The third-order valence-corrected chi connectivity index (χ3v) is 5.31. The number of hydrogen-bond acceptors (Lipinski definition) is 4. The first-order valence-electron chi connectivity index (χ1n) is 6.93. The Kier molecular flexibility index (Phi) is 5.71. The zero-order valence-corrected chi connectivity index (χ0v) is 14.7. The van der Waals surface area contributed by atoms with Gasteiger partial charge in [0, 0.05) is 30.2 Å². The molecule has 0 aliphatic rings. The number of carbonyl (C=O) groups excluding carboxylic acids is 1. The number of carbonyl (C=O) groups is 1. The van der Waals surface area contributed by atoms with E-state index in [0.29, 0.717) is 10.6 Å². The predicted octanol–water partition coefficient (Wildman–Crippen LogP) is 2.35. The smallest absolute Gasteiger partial charge is 0.267 e. The molecule has 0 aliphatic carbocycles. The number of hydrogen-bond donors (Lipinski definition) is 1. The van der Waals surface area contributed by atoms with Crippen molar-refractivity contribution in [1.29, 1.82) is 0 Å². The Morgan fingerprint density at radius 1 is 1.17 bits per heavy atom. The summed E-state index contributed by atoms with van der Waals surface area (Å²) in [4.78, 5) is 12.1. The quantitative estimate of drug-likeness (QED) is 0.652. The Balaban J connectivity index is 2.15. The molecule has 1 N–H and O–H groups in total. The van der Waals surface area contributed by atoms with Gasteiger partial charge in [0.15, 0.2) is 0 Å². The summed E-state index contributed by atoms with van der Waals surface area (Å²) in [6, 6.07) is 12.8. The summed E-state index contributed by atoms with van der Waals surface area (Å²) >= 11 is 5.98. The Hall–Kier alpha value is -2.22. The first kappa shape index (κ1) is 18.1. The predicted molar refractivity (Wildman–Crippen MR) is 93.8 cm³/mol. The van der Waals surface area contributed by atoms with E-state index in [0.717, 1.165) is 4.31 Å². The monoisotopic (exact) mass is 365 g/mol. The fraction of sp³-hybridized carbons (Fsp3) is 0.125. The molecule has 2 rings (SSSR count). The first-order chi connectivity index (χ1) is 11.3. The summed E-state index contributed by atoms with van der Waals surface area (Å²) in [5.41, 5.74) is 3.19. The fourth-order valence-electron chi connectivity index (χ4n) is 1.81. The van der Waals surface area contributed by atoms with Gasteiger partial charge in [-0.3, -0.25) is 4.79 Å². The van der Waals surface area contributed by atoms with E-state index in [2.05, 4.69) is 10.5 Å². The number of benzene rings is 2. The lowest BCUT2D eigenvalue weighted by atomic mass is 10.2. The normalized spacial score (nSPS) is 11.8. The van der Waals surface area contributed by atoms with Crippen LogP contribution in [0.4, 0.5) is 0 Å². The molecular formula is C16H16ClN3O3S.